The number of hydrogen-bond donors (Lipinski definition) is 1. The summed E-state index contributed by atoms with van der Waals surface area (Å²) in [6, 6.07) is 2.01. The van der Waals surface area contributed by atoms with Crippen molar-refractivity contribution >= 4 is 15.9 Å². The number of aryl methyl sites for hydroxylation is 1. The van der Waals surface area contributed by atoms with Crippen molar-refractivity contribution in [2.75, 3.05) is 6.54 Å². The minimum Gasteiger partial charge on any atom is -0.310 e. The van der Waals surface area contributed by atoms with Gasteiger partial charge in [0.05, 0.1) is 11.3 Å². The topological polar surface area (TPSA) is 61.9 Å². The molecule has 6 heteroatoms. The van der Waals surface area contributed by atoms with E-state index in [1.807, 2.05) is 6.07 Å². The van der Waals surface area contributed by atoms with Gasteiger partial charge in [0.15, 0.2) is 0 Å². The van der Waals surface area contributed by atoms with Gasteiger partial charge in [0.2, 0.25) is 0 Å². The molecule has 1 aliphatic heterocycles. The molecule has 116 valence electrons. The molecule has 0 spiro atoms. The average molecular weight is 363 g/mol. The quantitative estimate of drug-likeness (QED) is 0.907. The lowest BCUT2D eigenvalue weighted by Crippen LogP contribution is -2.35. The van der Waals surface area contributed by atoms with E-state index in [1.165, 1.54) is 5.56 Å². The maximum absolute atomic E-state index is 12.3. The van der Waals surface area contributed by atoms with Gasteiger partial charge in [-0.3, -0.25) is 14.7 Å². The molecule has 5 nitrogen and oxygen atoms in total. The number of rotatable bonds is 4. The molecule has 1 N–H and O–H groups in total. The number of fused-ring (bicyclic) bond motifs is 1. The van der Waals surface area contributed by atoms with E-state index >= 15 is 0 Å². The van der Waals surface area contributed by atoms with Gasteiger partial charge in [-0.15, -0.1) is 0 Å². The summed E-state index contributed by atoms with van der Waals surface area (Å²) in [6.07, 6.45) is 6.25. The lowest BCUT2D eigenvalue weighted by atomic mass is 10.1. The van der Waals surface area contributed by atoms with Crippen molar-refractivity contribution in [3.8, 4) is 0 Å². The lowest BCUT2D eigenvalue weighted by Gasteiger charge is -2.28. The maximum atomic E-state index is 12.3. The summed E-state index contributed by atoms with van der Waals surface area (Å²) in [5.41, 5.74) is 2.99. The van der Waals surface area contributed by atoms with Crippen LogP contribution in [0.3, 0.4) is 0 Å². The van der Waals surface area contributed by atoms with Crippen molar-refractivity contribution in [1.82, 2.24) is 19.9 Å². The second-order valence-electron chi connectivity index (χ2n) is 5.62. The second kappa shape index (κ2) is 6.71. The van der Waals surface area contributed by atoms with Crippen LogP contribution in [0.4, 0.5) is 0 Å². The first-order valence-corrected chi connectivity index (χ1v) is 8.38. The molecule has 0 atom stereocenters. The number of aromatic nitrogens is 3. The summed E-state index contributed by atoms with van der Waals surface area (Å²) in [4.78, 5) is 26.2. The number of pyridine rings is 1. The van der Waals surface area contributed by atoms with Gasteiger partial charge in [-0.05, 0) is 34.0 Å². The molecule has 0 fully saturated rings. The molecule has 0 bridgehead atoms. The van der Waals surface area contributed by atoms with Gasteiger partial charge in [0.1, 0.15) is 5.82 Å². The molecule has 0 aliphatic carbocycles. The van der Waals surface area contributed by atoms with Crippen LogP contribution in [0.5, 0.6) is 0 Å². The fourth-order valence-electron chi connectivity index (χ4n) is 2.80. The van der Waals surface area contributed by atoms with E-state index in [1.54, 1.807) is 12.4 Å². The fourth-order valence-corrected chi connectivity index (χ4v) is 3.17. The molecular weight excluding hydrogens is 344 g/mol. The van der Waals surface area contributed by atoms with Crippen LogP contribution in [-0.4, -0.2) is 26.4 Å². The van der Waals surface area contributed by atoms with Gasteiger partial charge in [-0.25, -0.2) is 4.98 Å². The highest BCUT2D eigenvalue weighted by Crippen LogP contribution is 2.20. The molecule has 2 aromatic heterocycles. The van der Waals surface area contributed by atoms with Gasteiger partial charge in [-0.2, -0.15) is 0 Å². The van der Waals surface area contributed by atoms with Gasteiger partial charge < -0.3 is 4.98 Å². The molecule has 3 rings (SSSR count). The highest BCUT2D eigenvalue weighted by molar-refractivity contribution is 9.10. The summed E-state index contributed by atoms with van der Waals surface area (Å²) < 4.78 is 1.01. The van der Waals surface area contributed by atoms with Crippen LogP contribution in [0.15, 0.2) is 27.7 Å². The van der Waals surface area contributed by atoms with E-state index in [9.17, 15) is 4.79 Å². The first kappa shape index (κ1) is 15.4. The molecule has 0 amide bonds. The Bertz CT molecular complexity index is 728. The summed E-state index contributed by atoms with van der Waals surface area (Å²) in [6.45, 7) is 4.47. The van der Waals surface area contributed by atoms with Crippen molar-refractivity contribution in [2.45, 2.75) is 39.3 Å². The summed E-state index contributed by atoms with van der Waals surface area (Å²) in [5.74, 6) is 0.816. The van der Waals surface area contributed by atoms with E-state index in [0.717, 1.165) is 53.9 Å². The molecule has 0 saturated carbocycles. The largest absolute Gasteiger partial charge is 0.310 e. The van der Waals surface area contributed by atoms with Crippen LogP contribution < -0.4 is 5.56 Å². The van der Waals surface area contributed by atoms with Crippen LogP contribution >= 0.6 is 15.9 Å². The van der Waals surface area contributed by atoms with Crippen molar-refractivity contribution in [3.63, 3.8) is 0 Å². The Morgan fingerprint density at radius 2 is 2.32 bits per heavy atom. The molecule has 22 heavy (non-hydrogen) atoms. The van der Waals surface area contributed by atoms with Crippen LogP contribution in [-0.2, 0) is 25.9 Å². The minimum atomic E-state index is 0.0203. The Morgan fingerprint density at radius 1 is 1.45 bits per heavy atom. The third-order valence-electron chi connectivity index (χ3n) is 3.93. The fraction of sp³-hybridized carbons (Fsp3) is 0.438. The number of H-pyrrole nitrogens is 1. The van der Waals surface area contributed by atoms with Crippen LogP contribution in [0.25, 0.3) is 0 Å². The molecule has 3 heterocycles. The Labute approximate surface area is 137 Å². The number of nitrogens with one attached hydrogen (secondary N) is 1. The van der Waals surface area contributed by atoms with Gasteiger partial charge in [0.25, 0.3) is 5.56 Å². The van der Waals surface area contributed by atoms with Crippen molar-refractivity contribution in [3.05, 3.63) is 55.9 Å². The third kappa shape index (κ3) is 3.28. The molecule has 1 aliphatic rings. The maximum Gasteiger partial charge on any atom is 0.255 e. The Balaban J connectivity index is 1.79. The standard InChI is InChI=1S/C16H19BrN4O/c1-2-3-15-19-14-5-7-21(10-12(14)16(22)20-15)9-11-4-6-18-8-13(11)17/h4,6,8H,2-3,5,7,9-10H2,1H3,(H,19,20,22). The molecule has 0 unspecified atom stereocenters. The summed E-state index contributed by atoms with van der Waals surface area (Å²) in [7, 11) is 0. The summed E-state index contributed by atoms with van der Waals surface area (Å²) >= 11 is 3.53. The zero-order valence-electron chi connectivity index (χ0n) is 12.6. The number of aromatic amines is 1. The zero-order valence-corrected chi connectivity index (χ0v) is 14.2. The monoisotopic (exact) mass is 362 g/mol. The average Bonchev–Trinajstić information content (AvgIpc) is 2.51. The predicted octanol–water partition coefficient (Wildman–Crippen LogP) is 2.44. The highest BCUT2D eigenvalue weighted by Gasteiger charge is 2.21. The lowest BCUT2D eigenvalue weighted by molar-refractivity contribution is 0.241. The van der Waals surface area contributed by atoms with Crippen LogP contribution in [0.2, 0.25) is 0 Å². The number of halogens is 1. The van der Waals surface area contributed by atoms with Gasteiger partial charge in [0, 0.05) is 49.3 Å². The Morgan fingerprint density at radius 3 is 3.09 bits per heavy atom. The third-order valence-corrected chi connectivity index (χ3v) is 4.65. The highest BCUT2D eigenvalue weighted by atomic mass is 79.9. The van der Waals surface area contributed by atoms with Crippen LogP contribution in [0.1, 0.15) is 36.0 Å². The SMILES string of the molecule is CCCc1nc2c(c(=O)[nH]1)CN(Cc1ccncc1Br)CC2. The predicted molar refractivity (Wildman–Crippen MR) is 88.6 cm³/mol. The molecule has 0 aromatic carbocycles. The molecule has 0 saturated heterocycles. The van der Waals surface area contributed by atoms with E-state index < -0.39 is 0 Å². The van der Waals surface area contributed by atoms with E-state index in [2.05, 4.69) is 42.7 Å². The van der Waals surface area contributed by atoms with Gasteiger partial charge >= 0.3 is 0 Å². The minimum absolute atomic E-state index is 0.0203. The number of nitrogens with zero attached hydrogens (tertiary/aromatic N) is 3. The molecule has 0 radical (unpaired) electrons. The Hall–Kier alpha value is -1.53. The molecule has 2 aromatic rings. The van der Waals surface area contributed by atoms with Crippen molar-refractivity contribution in [2.24, 2.45) is 0 Å². The smallest absolute Gasteiger partial charge is 0.255 e. The van der Waals surface area contributed by atoms with E-state index in [0.29, 0.717) is 6.54 Å². The normalized spacial score (nSPS) is 14.8. The summed E-state index contributed by atoms with van der Waals surface area (Å²) in [5, 5.41) is 0. The van der Waals surface area contributed by atoms with Crippen molar-refractivity contribution in [1.29, 1.82) is 0 Å². The van der Waals surface area contributed by atoms with E-state index in [-0.39, 0.29) is 5.56 Å². The van der Waals surface area contributed by atoms with E-state index in [4.69, 9.17) is 0 Å². The van der Waals surface area contributed by atoms with Crippen molar-refractivity contribution < 1.29 is 0 Å². The van der Waals surface area contributed by atoms with Gasteiger partial charge in [-0.1, -0.05) is 6.92 Å². The second-order valence-corrected chi connectivity index (χ2v) is 6.47. The first-order chi connectivity index (χ1) is 10.7. The zero-order chi connectivity index (χ0) is 15.5. The number of hydrogen-bond acceptors (Lipinski definition) is 4. The Kier molecular flexibility index (Phi) is 4.69. The first-order valence-electron chi connectivity index (χ1n) is 7.59. The molecular formula is C16H19BrN4O. The van der Waals surface area contributed by atoms with Crippen LogP contribution in [0, 0.1) is 0 Å².